The molecule has 0 amide bonds. The molecule has 0 bridgehead atoms. The molecule has 0 aromatic carbocycles. The van der Waals surface area contributed by atoms with Crippen molar-refractivity contribution in [2.24, 2.45) is 5.92 Å². The van der Waals surface area contributed by atoms with Crippen LogP contribution in [0.4, 0.5) is 5.00 Å². The number of likely N-dealkylation sites (N-methyl/N-ethyl adjacent to an activating group) is 1. The van der Waals surface area contributed by atoms with Crippen LogP contribution in [-0.4, -0.2) is 18.5 Å². The summed E-state index contributed by atoms with van der Waals surface area (Å²) in [4.78, 5) is 10.2. The fourth-order valence-corrected chi connectivity index (χ4v) is 2.03. The third kappa shape index (κ3) is 3.43. The van der Waals surface area contributed by atoms with Gasteiger partial charge in [-0.15, -0.1) is 0 Å². The first-order valence-corrected chi connectivity index (χ1v) is 6.00. The van der Waals surface area contributed by atoms with Crippen molar-refractivity contribution < 1.29 is 4.92 Å². The lowest BCUT2D eigenvalue weighted by Gasteiger charge is -2.09. The SMILES string of the molecule is CNCC(=Cc1csc([N+](=O)[O-])c1)C(C)C. The van der Waals surface area contributed by atoms with E-state index in [-0.39, 0.29) is 9.92 Å². The van der Waals surface area contributed by atoms with Gasteiger partial charge in [0.1, 0.15) is 0 Å². The van der Waals surface area contributed by atoms with Crippen LogP contribution in [0.15, 0.2) is 17.0 Å². The smallest absolute Gasteiger partial charge is 0.316 e. The summed E-state index contributed by atoms with van der Waals surface area (Å²) < 4.78 is 0. The molecule has 0 aliphatic carbocycles. The van der Waals surface area contributed by atoms with Crippen LogP contribution in [0, 0.1) is 16.0 Å². The lowest BCUT2D eigenvalue weighted by molar-refractivity contribution is -0.380. The van der Waals surface area contributed by atoms with E-state index in [0.717, 1.165) is 12.1 Å². The number of hydrogen-bond donors (Lipinski definition) is 1. The number of thiophene rings is 1. The Kier molecular flexibility index (Phi) is 4.64. The molecule has 0 radical (unpaired) electrons. The van der Waals surface area contributed by atoms with Gasteiger partial charge in [-0.05, 0) is 18.5 Å². The predicted octanol–water partition coefficient (Wildman–Crippen LogP) is 2.92. The van der Waals surface area contributed by atoms with Crippen molar-refractivity contribution in [2.45, 2.75) is 13.8 Å². The molecule has 1 heterocycles. The first-order chi connectivity index (χ1) is 7.54. The van der Waals surface area contributed by atoms with Gasteiger partial charge in [-0.2, -0.15) is 0 Å². The second-order valence-electron chi connectivity index (χ2n) is 3.88. The Morgan fingerprint density at radius 2 is 2.38 bits per heavy atom. The van der Waals surface area contributed by atoms with Crippen molar-refractivity contribution in [1.29, 1.82) is 0 Å². The van der Waals surface area contributed by atoms with Crippen LogP contribution in [0.3, 0.4) is 0 Å². The van der Waals surface area contributed by atoms with E-state index in [1.54, 1.807) is 6.07 Å². The van der Waals surface area contributed by atoms with Gasteiger partial charge in [-0.1, -0.05) is 36.8 Å². The first kappa shape index (κ1) is 12.9. The van der Waals surface area contributed by atoms with Crippen LogP contribution in [0.5, 0.6) is 0 Å². The molecule has 1 aromatic heterocycles. The Morgan fingerprint density at radius 3 is 2.81 bits per heavy atom. The highest BCUT2D eigenvalue weighted by atomic mass is 32.1. The summed E-state index contributed by atoms with van der Waals surface area (Å²) in [5, 5.41) is 15.7. The molecule has 0 aliphatic rings. The van der Waals surface area contributed by atoms with Crippen molar-refractivity contribution in [3.8, 4) is 0 Å². The summed E-state index contributed by atoms with van der Waals surface area (Å²) in [6, 6.07) is 1.61. The predicted molar refractivity (Wildman–Crippen MR) is 67.7 cm³/mol. The van der Waals surface area contributed by atoms with E-state index >= 15 is 0 Å². The van der Waals surface area contributed by atoms with Gasteiger partial charge in [0.15, 0.2) is 0 Å². The van der Waals surface area contributed by atoms with Crippen molar-refractivity contribution in [1.82, 2.24) is 5.32 Å². The molecule has 0 aliphatic heterocycles. The van der Waals surface area contributed by atoms with Crippen LogP contribution in [0.1, 0.15) is 19.4 Å². The van der Waals surface area contributed by atoms with Crippen molar-refractivity contribution >= 4 is 22.4 Å². The summed E-state index contributed by atoms with van der Waals surface area (Å²) in [6.07, 6.45) is 2.02. The zero-order valence-electron chi connectivity index (χ0n) is 9.69. The molecule has 1 N–H and O–H groups in total. The number of rotatable bonds is 5. The minimum absolute atomic E-state index is 0.193. The van der Waals surface area contributed by atoms with Gasteiger partial charge in [0.05, 0.1) is 4.92 Å². The molecule has 16 heavy (non-hydrogen) atoms. The molecule has 4 nitrogen and oxygen atoms in total. The summed E-state index contributed by atoms with van der Waals surface area (Å²) in [6.45, 7) is 5.04. The first-order valence-electron chi connectivity index (χ1n) is 5.12. The molecule has 1 rings (SSSR count). The molecule has 0 spiro atoms. The van der Waals surface area contributed by atoms with Crippen molar-refractivity contribution in [2.75, 3.05) is 13.6 Å². The second-order valence-corrected chi connectivity index (χ2v) is 4.77. The van der Waals surface area contributed by atoms with Crippen LogP contribution in [0.25, 0.3) is 6.08 Å². The van der Waals surface area contributed by atoms with Gasteiger partial charge >= 0.3 is 5.00 Å². The molecule has 5 heteroatoms. The fourth-order valence-electron chi connectivity index (χ4n) is 1.35. The van der Waals surface area contributed by atoms with Crippen molar-refractivity contribution in [3.63, 3.8) is 0 Å². The van der Waals surface area contributed by atoms with E-state index in [9.17, 15) is 10.1 Å². The van der Waals surface area contributed by atoms with Crippen LogP contribution < -0.4 is 5.32 Å². The van der Waals surface area contributed by atoms with Gasteiger partial charge in [0.2, 0.25) is 0 Å². The summed E-state index contributed by atoms with van der Waals surface area (Å²) >= 11 is 1.17. The Morgan fingerprint density at radius 1 is 1.69 bits per heavy atom. The maximum atomic E-state index is 10.5. The number of nitrogens with zero attached hydrogens (tertiary/aromatic N) is 1. The molecule has 0 atom stereocenters. The van der Waals surface area contributed by atoms with Gasteiger partial charge in [0.25, 0.3) is 0 Å². The molecule has 0 saturated carbocycles. The molecule has 0 saturated heterocycles. The van der Waals surface area contributed by atoms with E-state index in [1.165, 1.54) is 16.9 Å². The maximum Gasteiger partial charge on any atom is 0.324 e. The molecular weight excluding hydrogens is 224 g/mol. The summed E-state index contributed by atoms with van der Waals surface area (Å²) in [5.74, 6) is 0.436. The average Bonchev–Trinajstić information content (AvgIpc) is 2.65. The molecule has 0 fully saturated rings. The largest absolute Gasteiger partial charge is 0.324 e. The van der Waals surface area contributed by atoms with E-state index in [1.807, 2.05) is 18.5 Å². The van der Waals surface area contributed by atoms with Crippen LogP contribution in [-0.2, 0) is 0 Å². The Bertz CT molecular complexity index is 396. The van der Waals surface area contributed by atoms with Gasteiger partial charge in [-0.3, -0.25) is 10.1 Å². The molecule has 1 aromatic rings. The van der Waals surface area contributed by atoms with Crippen LogP contribution in [0.2, 0.25) is 0 Å². The quantitative estimate of drug-likeness (QED) is 0.636. The number of hydrogen-bond acceptors (Lipinski definition) is 4. The minimum atomic E-state index is -0.352. The highest BCUT2D eigenvalue weighted by molar-refractivity contribution is 7.13. The Balaban J connectivity index is 2.90. The zero-order valence-corrected chi connectivity index (χ0v) is 10.5. The maximum absolute atomic E-state index is 10.5. The molecule has 88 valence electrons. The normalized spacial score (nSPS) is 12.1. The fraction of sp³-hybridized carbons (Fsp3) is 0.455. The average molecular weight is 240 g/mol. The monoisotopic (exact) mass is 240 g/mol. The highest BCUT2D eigenvalue weighted by Gasteiger charge is 2.09. The lowest BCUT2D eigenvalue weighted by atomic mass is 10.0. The number of nitrogens with one attached hydrogen (secondary N) is 1. The highest BCUT2D eigenvalue weighted by Crippen LogP contribution is 2.25. The van der Waals surface area contributed by atoms with Crippen LogP contribution >= 0.6 is 11.3 Å². The number of nitro groups is 1. The molecule has 0 unspecified atom stereocenters. The zero-order chi connectivity index (χ0) is 12.1. The minimum Gasteiger partial charge on any atom is -0.316 e. The van der Waals surface area contributed by atoms with Gasteiger partial charge < -0.3 is 5.32 Å². The van der Waals surface area contributed by atoms with E-state index in [0.29, 0.717) is 5.92 Å². The Hall–Kier alpha value is -1.20. The van der Waals surface area contributed by atoms with Crippen molar-refractivity contribution in [3.05, 3.63) is 32.7 Å². The summed E-state index contributed by atoms with van der Waals surface area (Å²) in [7, 11) is 1.90. The third-order valence-corrected chi connectivity index (χ3v) is 3.16. The van der Waals surface area contributed by atoms with E-state index in [4.69, 9.17) is 0 Å². The lowest BCUT2D eigenvalue weighted by Crippen LogP contribution is -2.13. The van der Waals surface area contributed by atoms with E-state index < -0.39 is 0 Å². The Labute approximate surface area is 99.1 Å². The third-order valence-electron chi connectivity index (χ3n) is 2.26. The van der Waals surface area contributed by atoms with E-state index in [2.05, 4.69) is 19.2 Å². The van der Waals surface area contributed by atoms with Gasteiger partial charge in [-0.25, -0.2) is 0 Å². The molecular formula is C11H16N2O2S. The standard InChI is InChI=1S/C11H16N2O2S/c1-8(2)10(6-12-3)4-9-5-11(13(14)15)16-7-9/h4-5,7-8,12H,6H2,1-3H3. The second kappa shape index (κ2) is 5.77. The van der Waals surface area contributed by atoms with Gasteiger partial charge in [0, 0.05) is 18.0 Å². The topological polar surface area (TPSA) is 55.2 Å². The summed E-state index contributed by atoms with van der Waals surface area (Å²) in [5.41, 5.74) is 2.16.